The van der Waals surface area contributed by atoms with Crippen LogP contribution in [0.2, 0.25) is 0 Å². The molecule has 0 bridgehead atoms. The minimum Gasteiger partial charge on any atom is -0.315 e. The van der Waals surface area contributed by atoms with Crippen LogP contribution in [0.1, 0.15) is 6.42 Å². The van der Waals surface area contributed by atoms with Crippen molar-refractivity contribution in [3.05, 3.63) is 22.7 Å². The van der Waals surface area contributed by atoms with Gasteiger partial charge < -0.3 is 4.90 Å². The smallest absolute Gasteiger partial charge is 0.228 e. The second-order valence-corrected chi connectivity index (χ2v) is 2.61. The molecule has 0 aliphatic carbocycles. The number of carbonyl (C=O) groups excluding carboxylic acids is 1. The molecule has 5 heteroatoms. The summed E-state index contributed by atoms with van der Waals surface area (Å²) in [4.78, 5) is 15.1. The number of rotatable bonds is 1. The van der Waals surface area contributed by atoms with Gasteiger partial charge in [0, 0.05) is 17.5 Å². The van der Waals surface area contributed by atoms with Gasteiger partial charge in [0.2, 0.25) is 5.91 Å². The fraction of sp³-hybridized carbons (Fsp3) is 0.500. The third-order valence-corrected chi connectivity index (χ3v) is 2.05. The molecule has 2 atom stereocenters. The highest BCUT2D eigenvalue weighted by Gasteiger charge is 2.42. The van der Waals surface area contributed by atoms with Gasteiger partial charge in [-0.1, -0.05) is 11.2 Å². The first-order valence-electron chi connectivity index (χ1n) is 3.36. The molecule has 1 amide bonds. The van der Waals surface area contributed by atoms with E-state index >= 15 is 0 Å². The highest BCUT2D eigenvalue weighted by molar-refractivity contribution is 5.85. The van der Waals surface area contributed by atoms with E-state index in [2.05, 4.69) is 10.0 Å². The molecule has 0 saturated carbocycles. The maximum absolute atomic E-state index is 10.8. The first-order valence-corrected chi connectivity index (χ1v) is 3.36. The molecular formula is C6H6N4O. The van der Waals surface area contributed by atoms with Gasteiger partial charge in [-0.25, -0.2) is 0 Å². The van der Waals surface area contributed by atoms with Gasteiger partial charge in [0.25, 0.3) is 0 Å². The van der Waals surface area contributed by atoms with E-state index in [0.29, 0.717) is 6.42 Å². The van der Waals surface area contributed by atoms with E-state index in [1.165, 1.54) is 0 Å². The van der Waals surface area contributed by atoms with Crippen LogP contribution in [0.15, 0.2) is 17.4 Å². The first kappa shape index (κ1) is 6.24. The van der Waals surface area contributed by atoms with Crippen molar-refractivity contribution in [1.82, 2.24) is 4.90 Å². The van der Waals surface area contributed by atoms with E-state index in [9.17, 15) is 4.79 Å². The van der Waals surface area contributed by atoms with Crippen LogP contribution in [-0.2, 0) is 4.79 Å². The van der Waals surface area contributed by atoms with Gasteiger partial charge in [0.1, 0.15) is 0 Å². The molecule has 0 aromatic carbocycles. The summed E-state index contributed by atoms with van der Waals surface area (Å²) in [6.45, 7) is 0. The van der Waals surface area contributed by atoms with Gasteiger partial charge >= 0.3 is 0 Å². The average molecular weight is 150 g/mol. The number of fused-ring (bicyclic) bond motifs is 1. The van der Waals surface area contributed by atoms with Crippen LogP contribution >= 0.6 is 0 Å². The van der Waals surface area contributed by atoms with Crippen LogP contribution in [0.4, 0.5) is 0 Å². The fourth-order valence-corrected chi connectivity index (χ4v) is 1.42. The Morgan fingerprint density at radius 3 is 3.18 bits per heavy atom. The molecule has 56 valence electrons. The van der Waals surface area contributed by atoms with Crippen LogP contribution in [-0.4, -0.2) is 22.9 Å². The van der Waals surface area contributed by atoms with Gasteiger partial charge in [0.15, 0.2) is 0 Å². The second-order valence-electron chi connectivity index (χ2n) is 2.61. The van der Waals surface area contributed by atoms with Crippen molar-refractivity contribution in [3.8, 4) is 0 Å². The quantitative estimate of drug-likeness (QED) is 0.236. The second kappa shape index (κ2) is 2.00. The highest BCUT2D eigenvalue weighted by atomic mass is 16.2. The summed E-state index contributed by atoms with van der Waals surface area (Å²) in [7, 11) is 0. The van der Waals surface area contributed by atoms with Crippen LogP contribution in [0.5, 0.6) is 0 Å². The Hall–Kier alpha value is -1.48. The third-order valence-electron chi connectivity index (χ3n) is 2.05. The number of hydrogen-bond donors (Lipinski definition) is 0. The van der Waals surface area contributed by atoms with Crippen LogP contribution in [0, 0.1) is 0 Å². The molecule has 2 aliphatic heterocycles. The Morgan fingerprint density at radius 1 is 1.82 bits per heavy atom. The Morgan fingerprint density at radius 2 is 2.64 bits per heavy atom. The van der Waals surface area contributed by atoms with Crippen LogP contribution in [0.3, 0.4) is 0 Å². The normalized spacial score (nSPS) is 32.7. The summed E-state index contributed by atoms with van der Waals surface area (Å²) >= 11 is 0. The molecule has 0 spiro atoms. The molecular weight excluding hydrogens is 144 g/mol. The van der Waals surface area contributed by atoms with Crippen molar-refractivity contribution in [2.24, 2.45) is 5.11 Å². The summed E-state index contributed by atoms with van der Waals surface area (Å²) in [6.07, 6.45) is 3.96. The molecule has 0 aromatic rings. The molecule has 2 heterocycles. The lowest BCUT2D eigenvalue weighted by atomic mass is 10.00. The number of azide groups is 1. The molecule has 0 N–H and O–H groups in total. The van der Waals surface area contributed by atoms with Crippen LogP contribution in [0.25, 0.3) is 10.4 Å². The molecule has 1 fully saturated rings. The van der Waals surface area contributed by atoms with E-state index in [0.717, 1.165) is 0 Å². The lowest BCUT2D eigenvalue weighted by molar-refractivity contribution is -0.140. The number of carbonyl (C=O) groups is 1. The Labute approximate surface area is 62.9 Å². The van der Waals surface area contributed by atoms with Crippen molar-refractivity contribution >= 4 is 5.91 Å². The lowest BCUT2D eigenvalue weighted by Gasteiger charge is -2.35. The largest absolute Gasteiger partial charge is 0.315 e. The number of amides is 1. The van der Waals surface area contributed by atoms with E-state index < -0.39 is 0 Å². The van der Waals surface area contributed by atoms with E-state index in [-0.39, 0.29) is 18.0 Å². The van der Waals surface area contributed by atoms with Gasteiger partial charge in [0.05, 0.1) is 12.1 Å². The maximum Gasteiger partial charge on any atom is 0.228 e. The van der Waals surface area contributed by atoms with Crippen molar-refractivity contribution < 1.29 is 4.79 Å². The Bertz CT molecular complexity index is 278. The molecule has 1 saturated heterocycles. The molecule has 0 aromatic heterocycles. The SMILES string of the molecule is [N-]=[N+]=NC1C=CN2C(=O)C[C@@H]12. The molecule has 2 aliphatic rings. The van der Waals surface area contributed by atoms with Gasteiger partial charge in [-0.2, -0.15) is 0 Å². The van der Waals surface area contributed by atoms with E-state index in [1.807, 2.05) is 0 Å². The van der Waals surface area contributed by atoms with Crippen molar-refractivity contribution in [2.45, 2.75) is 18.5 Å². The van der Waals surface area contributed by atoms with E-state index in [1.54, 1.807) is 17.2 Å². The van der Waals surface area contributed by atoms with Gasteiger partial charge in [-0.3, -0.25) is 4.79 Å². The van der Waals surface area contributed by atoms with Crippen LogP contribution < -0.4 is 0 Å². The summed E-state index contributed by atoms with van der Waals surface area (Å²) in [5.74, 6) is 0.113. The van der Waals surface area contributed by atoms with Gasteiger partial charge in [-0.05, 0) is 5.53 Å². The maximum atomic E-state index is 10.8. The highest BCUT2D eigenvalue weighted by Crippen LogP contribution is 2.30. The van der Waals surface area contributed by atoms with Crippen molar-refractivity contribution in [1.29, 1.82) is 0 Å². The zero-order valence-electron chi connectivity index (χ0n) is 5.71. The third kappa shape index (κ3) is 0.714. The predicted octanol–water partition coefficient (Wildman–Crippen LogP) is 0.794. The zero-order chi connectivity index (χ0) is 7.84. The topological polar surface area (TPSA) is 69.1 Å². The number of β-lactam (4-membered cyclic amide) rings is 1. The molecule has 5 nitrogen and oxygen atoms in total. The molecule has 2 rings (SSSR count). The minimum atomic E-state index is -0.141. The average Bonchev–Trinajstić information content (AvgIpc) is 2.28. The minimum absolute atomic E-state index is 0.110. The Balaban J connectivity index is 2.15. The summed E-state index contributed by atoms with van der Waals surface area (Å²) < 4.78 is 0. The predicted molar refractivity (Wildman–Crippen MR) is 37.3 cm³/mol. The first-order chi connectivity index (χ1) is 5.33. The number of hydrogen-bond acceptors (Lipinski definition) is 2. The standard InChI is InChI=1S/C6H6N4O/c7-9-8-4-1-2-10-5(4)3-6(10)11/h1-2,4-5H,3H2/t4?,5-/m0/s1. The lowest BCUT2D eigenvalue weighted by Crippen LogP contribution is -2.50. The molecule has 11 heavy (non-hydrogen) atoms. The fourth-order valence-electron chi connectivity index (χ4n) is 1.42. The van der Waals surface area contributed by atoms with E-state index in [4.69, 9.17) is 5.53 Å². The summed E-state index contributed by atoms with van der Waals surface area (Å²) in [5, 5.41) is 3.54. The molecule has 1 unspecified atom stereocenters. The van der Waals surface area contributed by atoms with Crippen molar-refractivity contribution in [2.75, 3.05) is 0 Å². The van der Waals surface area contributed by atoms with Gasteiger partial charge in [-0.15, -0.1) is 0 Å². The zero-order valence-corrected chi connectivity index (χ0v) is 5.71. The summed E-state index contributed by atoms with van der Waals surface area (Å²) in [6, 6.07) is -0.0314. The monoisotopic (exact) mass is 150 g/mol. The van der Waals surface area contributed by atoms with Crippen molar-refractivity contribution in [3.63, 3.8) is 0 Å². The number of nitrogens with zero attached hydrogens (tertiary/aromatic N) is 4. The Kier molecular flexibility index (Phi) is 1.14. The summed E-state index contributed by atoms with van der Waals surface area (Å²) in [5.41, 5.74) is 8.14. The molecule has 0 radical (unpaired) electrons.